The third kappa shape index (κ3) is 1.22. The summed E-state index contributed by atoms with van der Waals surface area (Å²) in [6.07, 6.45) is -0.173. The van der Waals surface area contributed by atoms with Gasteiger partial charge in [-0.15, -0.1) is 0 Å². The van der Waals surface area contributed by atoms with Crippen molar-refractivity contribution in [1.82, 2.24) is 0 Å². The summed E-state index contributed by atoms with van der Waals surface area (Å²) < 4.78 is 5.19. The molecule has 2 N–H and O–H groups in total. The Morgan fingerprint density at radius 3 is 2.60 bits per heavy atom. The summed E-state index contributed by atoms with van der Waals surface area (Å²) in [6.45, 7) is 5.50. The van der Waals surface area contributed by atoms with Crippen LogP contribution in [0.4, 0.5) is 0 Å². The van der Waals surface area contributed by atoms with Gasteiger partial charge in [-0.3, -0.25) is 4.79 Å². The lowest BCUT2D eigenvalue weighted by atomic mass is 9.47. The molecule has 5 heteroatoms. The number of ether oxygens (including phenoxy) is 1. The first-order valence-corrected chi connectivity index (χ1v) is 7.30. The van der Waals surface area contributed by atoms with E-state index >= 15 is 0 Å². The van der Waals surface area contributed by atoms with Gasteiger partial charge < -0.3 is 14.9 Å². The minimum Gasteiger partial charge on any atom is -0.463 e. The lowest BCUT2D eigenvalue weighted by molar-refractivity contribution is -0.224. The number of esters is 1. The molecular weight excluding hydrogens is 260 g/mol. The molecule has 2 saturated carbocycles. The molecule has 0 unspecified atom stereocenters. The van der Waals surface area contributed by atoms with Gasteiger partial charge in [0.25, 0.3) is 0 Å². The number of cyclic esters (lactones) is 1. The van der Waals surface area contributed by atoms with E-state index in [1.54, 1.807) is 6.92 Å². The van der Waals surface area contributed by atoms with Crippen LogP contribution in [0, 0.1) is 22.7 Å². The molecule has 2 bridgehead atoms. The van der Waals surface area contributed by atoms with Gasteiger partial charge in [-0.05, 0) is 18.8 Å². The molecule has 2 aliphatic carbocycles. The fraction of sp³-hybridized carbons (Fsp3) is 0.867. The van der Waals surface area contributed by atoms with Crippen molar-refractivity contribution in [3.8, 4) is 0 Å². The normalized spacial score (nSPS) is 55.1. The Morgan fingerprint density at radius 1 is 1.30 bits per heavy atom. The molecule has 1 aliphatic heterocycles. The molecule has 0 amide bonds. The maximum atomic E-state index is 12.5. The van der Waals surface area contributed by atoms with Crippen LogP contribution in [0.3, 0.4) is 0 Å². The van der Waals surface area contributed by atoms with E-state index in [-0.39, 0.29) is 30.6 Å². The van der Waals surface area contributed by atoms with Crippen LogP contribution >= 0.6 is 0 Å². The monoisotopic (exact) mass is 282 g/mol. The summed E-state index contributed by atoms with van der Waals surface area (Å²) in [5, 5.41) is 21.9. The highest BCUT2D eigenvalue weighted by molar-refractivity contribution is 5.87. The van der Waals surface area contributed by atoms with E-state index in [0.29, 0.717) is 12.8 Å². The fourth-order valence-corrected chi connectivity index (χ4v) is 4.96. The van der Waals surface area contributed by atoms with Gasteiger partial charge in [0.1, 0.15) is 12.4 Å². The second-order valence-electron chi connectivity index (χ2n) is 7.13. The predicted octanol–water partition coefficient (Wildman–Crippen LogP) is 0.667. The van der Waals surface area contributed by atoms with Crippen LogP contribution in [0.2, 0.25) is 0 Å². The number of aliphatic hydroxyl groups is 2. The molecule has 1 heterocycles. The van der Waals surface area contributed by atoms with Gasteiger partial charge in [-0.2, -0.15) is 0 Å². The van der Waals surface area contributed by atoms with Crippen LogP contribution in [0.25, 0.3) is 0 Å². The zero-order valence-electron chi connectivity index (χ0n) is 12.2. The highest BCUT2D eigenvalue weighted by Gasteiger charge is 2.75. The predicted molar refractivity (Wildman–Crippen MR) is 69.6 cm³/mol. The Bertz CT molecular complexity index is 489. The van der Waals surface area contributed by atoms with Crippen LogP contribution < -0.4 is 0 Å². The molecule has 112 valence electrons. The number of carbonyl (C=O) groups is 2. The Morgan fingerprint density at radius 2 is 1.95 bits per heavy atom. The Labute approximate surface area is 118 Å². The van der Waals surface area contributed by atoms with Crippen molar-refractivity contribution in [1.29, 1.82) is 0 Å². The highest BCUT2D eigenvalue weighted by atomic mass is 16.6. The minimum atomic E-state index is -1.43. The average molecular weight is 282 g/mol. The molecule has 0 radical (unpaired) electrons. The Hall–Kier alpha value is -0.940. The SMILES string of the molecule is C[C@@H]1CC[C@@]2(O)[C@@]13CC(=O)[C@@H](C)[C@@]2(C)COC(=O)[C@@H]3O. The molecule has 0 aromatic heterocycles. The number of Topliss-reactive ketones (excluding diaryl/α,β-unsaturated/α-hetero) is 1. The number of hydrogen-bond donors (Lipinski definition) is 2. The summed E-state index contributed by atoms with van der Waals surface area (Å²) in [5.74, 6) is -1.18. The lowest BCUT2D eigenvalue weighted by Gasteiger charge is -2.58. The molecule has 0 spiro atoms. The number of rotatable bonds is 0. The van der Waals surface area contributed by atoms with E-state index in [0.717, 1.165) is 0 Å². The number of carbonyl (C=O) groups excluding carboxylic acids is 2. The van der Waals surface area contributed by atoms with Crippen molar-refractivity contribution >= 4 is 11.8 Å². The molecule has 0 aromatic rings. The van der Waals surface area contributed by atoms with E-state index in [2.05, 4.69) is 0 Å². The summed E-state index contributed by atoms with van der Waals surface area (Å²) in [6, 6.07) is 0. The van der Waals surface area contributed by atoms with Crippen LogP contribution in [0.1, 0.15) is 40.0 Å². The fourth-order valence-electron chi connectivity index (χ4n) is 4.96. The van der Waals surface area contributed by atoms with Crippen LogP contribution in [0.15, 0.2) is 0 Å². The van der Waals surface area contributed by atoms with Crippen molar-refractivity contribution < 1.29 is 24.5 Å². The van der Waals surface area contributed by atoms with Gasteiger partial charge in [0, 0.05) is 23.2 Å². The van der Waals surface area contributed by atoms with Crippen molar-refractivity contribution in [3.05, 3.63) is 0 Å². The molecule has 6 atom stereocenters. The zero-order valence-corrected chi connectivity index (χ0v) is 12.2. The van der Waals surface area contributed by atoms with Crippen LogP contribution in [-0.4, -0.2) is 40.3 Å². The summed E-state index contributed by atoms with van der Waals surface area (Å²) in [4.78, 5) is 24.5. The third-order valence-corrected chi connectivity index (χ3v) is 6.66. The molecule has 1 saturated heterocycles. The van der Waals surface area contributed by atoms with Crippen LogP contribution in [-0.2, 0) is 14.3 Å². The van der Waals surface area contributed by atoms with Crippen molar-refractivity contribution in [2.45, 2.75) is 51.7 Å². The summed E-state index contributed by atoms with van der Waals surface area (Å²) >= 11 is 0. The van der Waals surface area contributed by atoms with Crippen molar-refractivity contribution in [2.75, 3.05) is 6.61 Å². The maximum Gasteiger partial charge on any atom is 0.335 e. The quantitative estimate of drug-likeness (QED) is 0.638. The van der Waals surface area contributed by atoms with E-state index in [4.69, 9.17) is 4.74 Å². The molecule has 3 aliphatic rings. The van der Waals surface area contributed by atoms with Gasteiger partial charge in [0.2, 0.25) is 0 Å². The minimum absolute atomic E-state index is 0.00303. The maximum absolute atomic E-state index is 12.5. The number of hydrogen-bond acceptors (Lipinski definition) is 5. The Balaban J connectivity index is 2.28. The topological polar surface area (TPSA) is 83.8 Å². The number of ketones is 1. The van der Waals surface area contributed by atoms with E-state index in [1.165, 1.54) is 0 Å². The molecule has 0 aromatic carbocycles. The second kappa shape index (κ2) is 3.83. The first-order valence-electron chi connectivity index (χ1n) is 7.30. The molecule has 3 rings (SSSR count). The second-order valence-corrected chi connectivity index (χ2v) is 7.13. The summed E-state index contributed by atoms with van der Waals surface area (Å²) in [7, 11) is 0. The molecule has 3 fully saturated rings. The first kappa shape index (κ1) is 14.0. The highest BCUT2D eigenvalue weighted by Crippen LogP contribution is 2.67. The zero-order chi connectivity index (χ0) is 14.9. The molecule has 20 heavy (non-hydrogen) atoms. The van der Waals surface area contributed by atoms with Gasteiger partial charge in [-0.25, -0.2) is 4.79 Å². The third-order valence-electron chi connectivity index (χ3n) is 6.66. The van der Waals surface area contributed by atoms with E-state index < -0.39 is 28.5 Å². The molecule has 5 nitrogen and oxygen atoms in total. The lowest BCUT2D eigenvalue weighted by Crippen LogP contribution is -2.68. The van der Waals surface area contributed by atoms with Gasteiger partial charge >= 0.3 is 5.97 Å². The largest absolute Gasteiger partial charge is 0.463 e. The van der Waals surface area contributed by atoms with E-state index in [9.17, 15) is 19.8 Å². The van der Waals surface area contributed by atoms with Gasteiger partial charge in [0.05, 0.1) is 5.60 Å². The number of aliphatic hydroxyl groups excluding tert-OH is 1. The van der Waals surface area contributed by atoms with Gasteiger partial charge in [0.15, 0.2) is 6.10 Å². The standard InChI is InChI=1S/C15H22O5/c1-8-4-5-15(19)13(3)7-20-12(18)11(17)14(8,15)6-10(16)9(13)2/h8-9,11,17,19H,4-7H2,1-3H3/t8-,9-,11+,13-,14+,15+/m1/s1. The van der Waals surface area contributed by atoms with Crippen molar-refractivity contribution in [3.63, 3.8) is 0 Å². The Kier molecular flexibility index (Phi) is 2.68. The molecular formula is C15H22O5. The van der Waals surface area contributed by atoms with Crippen molar-refractivity contribution in [2.24, 2.45) is 22.7 Å². The van der Waals surface area contributed by atoms with Gasteiger partial charge in [-0.1, -0.05) is 20.8 Å². The summed E-state index contributed by atoms with van der Waals surface area (Å²) in [5.41, 5.74) is -3.17. The first-order chi connectivity index (χ1) is 9.20. The average Bonchev–Trinajstić information content (AvgIpc) is 2.66. The van der Waals surface area contributed by atoms with Crippen LogP contribution in [0.5, 0.6) is 0 Å². The van der Waals surface area contributed by atoms with E-state index in [1.807, 2.05) is 13.8 Å². The smallest absolute Gasteiger partial charge is 0.335 e.